The SMILES string of the molecule is CC(C)CNC(=O)CNc1nnc(CNC2CC2)o1. The molecule has 0 aromatic carbocycles. The average Bonchev–Trinajstić information content (AvgIpc) is 3.10. The minimum Gasteiger partial charge on any atom is -0.407 e. The molecule has 0 unspecified atom stereocenters. The average molecular weight is 267 g/mol. The van der Waals surface area contributed by atoms with Gasteiger partial charge in [0.25, 0.3) is 0 Å². The van der Waals surface area contributed by atoms with Crippen molar-refractivity contribution in [2.45, 2.75) is 39.3 Å². The van der Waals surface area contributed by atoms with Crippen LogP contribution >= 0.6 is 0 Å². The zero-order valence-electron chi connectivity index (χ0n) is 11.4. The summed E-state index contributed by atoms with van der Waals surface area (Å²) >= 11 is 0. The van der Waals surface area contributed by atoms with Crippen LogP contribution in [0.2, 0.25) is 0 Å². The number of hydrogen-bond acceptors (Lipinski definition) is 6. The smallest absolute Gasteiger partial charge is 0.315 e. The van der Waals surface area contributed by atoms with Crippen molar-refractivity contribution in [3.05, 3.63) is 5.89 Å². The maximum absolute atomic E-state index is 11.5. The van der Waals surface area contributed by atoms with Crippen molar-refractivity contribution < 1.29 is 9.21 Å². The zero-order valence-corrected chi connectivity index (χ0v) is 11.4. The highest BCUT2D eigenvalue weighted by Crippen LogP contribution is 2.19. The number of carbonyl (C=O) groups is 1. The first kappa shape index (κ1) is 13.8. The molecule has 7 heteroatoms. The van der Waals surface area contributed by atoms with Gasteiger partial charge in [-0.25, -0.2) is 0 Å². The number of hydrogen-bond donors (Lipinski definition) is 3. The van der Waals surface area contributed by atoms with Crippen molar-refractivity contribution in [3.8, 4) is 0 Å². The zero-order chi connectivity index (χ0) is 13.7. The number of anilines is 1. The molecule has 1 aliphatic rings. The topological polar surface area (TPSA) is 92.1 Å². The lowest BCUT2D eigenvalue weighted by Gasteiger charge is -2.07. The van der Waals surface area contributed by atoms with Crippen LogP contribution in [-0.2, 0) is 11.3 Å². The van der Waals surface area contributed by atoms with Crippen molar-refractivity contribution in [1.82, 2.24) is 20.8 Å². The molecule has 1 heterocycles. The van der Waals surface area contributed by atoms with E-state index in [1.807, 2.05) is 13.8 Å². The predicted molar refractivity (Wildman–Crippen MR) is 70.5 cm³/mol. The van der Waals surface area contributed by atoms with E-state index in [2.05, 4.69) is 26.1 Å². The van der Waals surface area contributed by atoms with E-state index in [-0.39, 0.29) is 18.5 Å². The molecule has 0 spiro atoms. The maximum atomic E-state index is 11.5. The van der Waals surface area contributed by atoms with Crippen LogP contribution in [-0.4, -0.2) is 35.2 Å². The fraction of sp³-hybridized carbons (Fsp3) is 0.750. The molecule has 2 rings (SSSR count). The van der Waals surface area contributed by atoms with Crippen molar-refractivity contribution >= 4 is 11.9 Å². The van der Waals surface area contributed by atoms with Crippen LogP contribution in [0.15, 0.2) is 4.42 Å². The predicted octanol–water partition coefficient (Wildman–Crippen LogP) is 0.506. The van der Waals surface area contributed by atoms with E-state index in [9.17, 15) is 4.79 Å². The lowest BCUT2D eigenvalue weighted by atomic mass is 10.2. The number of carbonyl (C=O) groups excluding carboxylic acids is 1. The maximum Gasteiger partial charge on any atom is 0.315 e. The first-order valence-corrected chi connectivity index (χ1v) is 6.70. The molecule has 106 valence electrons. The Morgan fingerprint density at radius 2 is 2.21 bits per heavy atom. The molecule has 1 saturated carbocycles. The number of aromatic nitrogens is 2. The Morgan fingerprint density at radius 1 is 1.42 bits per heavy atom. The summed E-state index contributed by atoms with van der Waals surface area (Å²) in [5.74, 6) is 0.897. The van der Waals surface area contributed by atoms with E-state index in [4.69, 9.17) is 4.42 Å². The summed E-state index contributed by atoms with van der Waals surface area (Å²) in [6, 6.07) is 0.886. The first-order chi connectivity index (χ1) is 9.13. The van der Waals surface area contributed by atoms with Crippen LogP contribution in [0.5, 0.6) is 0 Å². The Kier molecular flexibility index (Phi) is 4.73. The second kappa shape index (κ2) is 6.51. The molecular weight excluding hydrogens is 246 g/mol. The van der Waals surface area contributed by atoms with Gasteiger partial charge in [0, 0.05) is 12.6 Å². The summed E-state index contributed by atoms with van der Waals surface area (Å²) in [6.45, 7) is 5.49. The molecule has 1 fully saturated rings. The highest BCUT2D eigenvalue weighted by molar-refractivity contribution is 5.79. The Bertz CT molecular complexity index is 414. The molecule has 3 N–H and O–H groups in total. The van der Waals surface area contributed by atoms with Crippen LogP contribution < -0.4 is 16.0 Å². The Balaban J connectivity index is 1.65. The third-order valence-corrected chi connectivity index (χ3v) is 2.69. The van der Waals surface area contributed by atoms with E-state index >= 15 is 0 Å². The summed E-state index contributed by atoms with van der Waals surface area (Å²) in [5, 5.41) is 16.6. The Morgan fingerprint density at radius 3 is 2.89 bits per heavy atom. The summed E-state index contributed by atoms with van der Waals surface area (Å²) < 4.78 is 5.36. The molecular formula is C12H21N5O2. The van der Waals surface area contributed by atoms with Crippen LogP contribution in [0.3, 0.4) is 0 Å². The highest BCUT2D eigenvalue weighted by atomic mass is 16.4. The van der Waals surface area contributed by atoms with Crippen LogP contribution in [0, 0.1) is 5.92 Å². The number of nitrogens with zero attached hydrogens (tertiary/aromatic N) is 2. The summed E-state index contributed by atoms with van der Waals surface area (Å²) in [6.07, 6.45) is 2.44. The molecule has 0 aliphatic heterocycles. The summed E-state index contributed by atoms with van der Waals surface area (Å²) in [5.41, 5.74) is 0. The van der Waals surface area contributed by atoms with E-state index in [1.54, 1.807) is 0 Å². The molecule has 7 nitrogen and oxygen atoms in total. The minimum absolute atomic E-state index is 0.0791. The number of amides is 1. The second-order valence-corrected chi connectivity index (χ2v) is 5.21. The minimum atomic E-state index is -0.0791. The van der Waals surface area contributed by atoms with Gasteiger partial charge in [-0.05, 0) is 18.8 Å². The molecule has 0 saturated heterocycles. The molecule has 1 aliphatic carbocycles. The van der Waals surface area contributed by atoms with Crippen molar-refractivity contribution in [2.24, 2.45) is 5.92 Å². The molecule has 1 aromatic rings. The fourth-order valence-corrected chi connectivity index (χ4v) is 1.45. The van der Waals surface area contributed by atoms with E-state index in [0.717, 1.165) is 0 Å². The lowest BCUT2D eigenvalue weighted by Crippen LogP contribution is -2.32. The standard InChI is InChI=1S/C12H21N5O2/c1-8(2)5-14-10(18)6-15-12-17-16-11(19-12)7-13-9-3-4-9/h8-9,13H,3-7H2,1-2H3,(H,14,18)(H,15,17). The van der Waals surface area contributed by atoms with Gasteiger partial charge in [-0.1, -0.05) is 18.9 Å². The van der Waals surface area contributed by atoms with Crippen LogP contribution in [0.1, 0.15) is 32.6 Å². The van der Waals surface area contributed by atoms with Gasteiger partial charge < -0.3 is 20.4 Å². The molecule has 19 heavy (non-hydrogen) atoms. The van der Waals surface area contributed by atoms with E-state index in [0.29, 0.717) is 30.9 Å². The van der Waals surface area contributed by atoms with Crippen molar-refractivity contribution in [3.63, 3.8) is 0 Å². The van der Waals surface area contributed by atoms with Gasteiger partial charge in [0.2, 0.25) is 11.8 Å². The van der Waals surface area contributed by atoms with Gasteiger partial charge in [0.1, 0.15) is 0 Å². The number of nitrogens with one attached hydrogen (secondary N) is 3. The molecule has 1 aromatic heterocycles. The third kappa shape index (κ3) is 5.25. The largest absolute Gasteiger partial charge is 0.407 e. The summed E-state index contributed by atoms with van der Waals surface area (Å²) in [4.78, 5) is 11.5. The van der Waals surface area contributed by atoms with Gasteiger partial charge in [0.05, 0.1) is 13.1 Å². The van der Waals surface area contributed by atoms with Gasteiger partial charge in [-0.3, -0.25) is 4.79 Å². The van der Waals surface area contributed by atoms with Crippen molar-refractivity contribution in [2.75, 3.05) is 18.4 Å². The first-order valence-electron chi connectivity index (χ1n) is 6.70. The third-order valence-electron chi connectivity index (χ3n) is 2.69. The quantitative estimate of drug-likeness (QED) is 0.635. The van der Waals surface area contributed by atoms with Crippen molar-refractivity contribution in [1.29, 1.82) is 0 Å². The van der Waals surface area contributed by atoms with E-state index < -0.39 is 0 Å². The molecule has 0 bridgehead atoms. The van der Waals surface area contributed by atoms with E-state index in [1.165, 1.54) is 12.8 Å². The van der Waals surface area contributed by atoms with Gasteiger partial charge >= 0.3 is 6.01 Å². The van der Waals surface area contributed by atoms with Gasteiger partial charge in [-0.2, -0.15) is 0 Å². The molecule has 0 atom stereocenters. The lowest BCUT2D eigenvalue weighted by molar-refractivity contribution is -0.119. The Hall–Kier alpha value is -1.63. The molecule has 0 radical (unpaired) electrons. The number of rotatable bonds is 8. The van der Waals surface area contributed by atoms with Crippen LogP contribution in [0.4, 0.5) is 6.01 Å². The van der Waals surface area contributed by atoms with Gasteiger partial charge in [0.15, 0.2) is 0 Å². The van der Waals surface area contributed by atoms with Gasteiger partial charge in [-0.15, -0.1) is 5.10 Å². The fourth-order valence-electron chi connectivity index (χ4n) is 1.45. The second-order valence-electron chi connectivity index (χ2n) is 5.21. The Labute approximate surface area is 112 Å². The normalized spacial score (nSPS) is 14.7. The monoisotopic (exact) mass is 267 g/mol. The summed E-state index contributed by atoms with van der Waals surface area (Å²) in [7, 11) is 0. The highest BCUT2D eigenvalue weighted by Gasteiger charge is 2.21. The van der Waals surface area contributed by atoms with Crippen LogP contribution in [0.25, 0.3) is 0 Å². The molecule has 1 amide bonds.